The molecule has 7 heteroatoms. The van der Waals surface area contributed by atoms with Crippen LogP contribution in [0.3, 0.4) is 0 Å². The Hall–Kier alpha value is -3.74. The fourth-order valence-electron chi connectivity index (χ4n) is 2.41. The van der Waals surface area contributed by atoms with Crippen molar-refractivity contribution in [3.05, 3.63) is 83.9 Å². The van der Waals surface area contributed by atoms with E-state index >= 15 is 0 Å². The minimum atomic E-state index is -0.626. The van der Waals surface area contributed by atoms with E-state index in [-0.39, 0.29) is 23.0 Å². The van der Waals surface area contributed by atoms with Crippen LogP contribution in [0, 0.1) is 11.6 Å². The van der Waals surface area contributed by atoms with Gasteiger partial charge in [0.1, 0.15) is 23.1 Å². The van der Waals surface area contributed by atoms with Crippen LogP contribution in [-0.2, 0) is 4.79 Å². The second-order valence-electron chi connectivity index (χ2n) is 5.91. The topological polar surface area (TPSA) is 67.4 Å². The van der Waals surface area contributed by atoms with Crippen molar-refractivity contribution in [2.24, 2.45) is 0 Å². The van der Waals surface area contributed by atoms with Gasteiger partial charge in [-0.1, -0.05) is 0 Å². The highest BCUT2D eigenvalue weighted by molar-refractivity contribution is 6.04. The lowest BCUT2D eigenvalue weighted by Crippen LogP contribution is -2.13. The number of anilines is 2. The summed E-state index contributed by atoms with van der Waals surface area (Å²) in [5, 5.41) is 4.99. The minimum absolute atomic E-state index is 0.0529. The van der Waals surface area contributed by atoms with Crippen molar-refractivity contribution in [2.75, 3.05) is 10.6 Å². The van der Waals surface area contributed by atoms with Crippen molar-refractivity contribution in [1.82, 2.24) is 0 Å². The van der Waals surface area contributed by atoms with Crippen molar-refractivity contribution in [3.8, 4) is 11.5 Å². The van der Waals surface area contributed by atoms with E-state index in [1.807, 2.05) is 0 Å². The molecule has 0 heterocycles. The highest BCUT2D eigenvalue weighted by atomic mass is 19.1. The second kappa shape index (κ2) is 8.30. The molecule has 0 aliphatic heterocycles. The summed E-state index contributed by atoms with van der Waals surface area (Å²) in [6.07, 6.45) is 0. The van der Waals surface area contributed by atoms with Gasteiger partial charge in [-0.2, -0.15) is 0 Å². The van der Waals surface area contributed by atoms with E-state index in [4.69, 9.17) is 4.74 Å². The van der Waals surface area contributed by atoms with Crippen LogP contribution >= 0.6 is 0 Å². The van der Waals surface area contributed by atoms with Crippen LogP contribution in [0.2, 0.25) is 0 Å². The van der Waals surface area contributed by atoms with E-state index in [1.165, 1.54) is 55.5 Å². The molecular formula is C21H16F2N2O3. The van der Waals surface area contributed by atoms with Crippen molar-refractivity contribution < 1.29 is 23.1 Å². The number of nitrogens with one attached hydrogen (secondary N) is 2. The molecule has 2 N–H and O–H groups in total. The molecule has 0 aliphatic rings. The van der Waals surface area contributed by atoms with Gasteiger partial charge in [0.2, 0.25) is 5.91 Å². The van der Waals surface area contributed by atoms with Crippen LogP contribution in [0.4, 0.5) is 20.2 Å². The van der Waals surface area contributed by atoms with Gasteiger partial charge in [0, 0.05) is 18.2 Å². The molecule has 28 heavy (non-hydrogen) atoms. The van der Waals surface area contributed by atoms with Gasteiger partial charge in [-0.15, -0.1) is 0 Å². The predicted octanol–water partition coefficient (Wildman–Crippen LogP) is 4.97. The maximum absolute atomic E-state index is 13.9. The maximum Gasteiger partial charge on any atom is 0.255 e. The fraction of sp³-hybridized carbons (Fsp3) is 0.0476. The molecule has 0 radical (unpaired) electrons. The first kappa shape index (κ1) is 19.0. The molecule has 0 spiro atoms. The number of hydrogen-bond acceptors (Lipinski definition) is 3. The number of carbonyl (C=O) groups excluding carboxylic acids is 2. The monoisotopic (exact) mass is 382 g/mol. The summed E-state index contributed by atoms with van der Waals surface area (Å²) < 4.78 is 32.4. The van der Waals surface area contributed by atoms with Gasteiger partial charge in [-0.25, -0.2) is 8.78 Å². The summed E-state index contributed by atoms with van der Waals surface area (Å²) in [4.78, 5) is 23.5. The summed E-state index contributed by atoms with van der Waals surface area (Å²) in [5.74, 6) is -0.904. The Morgan fingerprint density at radius 3 is 2.04 bits per heavy atom. The molecule has 0 fully saturated rings. The Morgan fingerprint density at radius 2 is 1.43 bits per heavy atom. The summed E-state index contributed by atoms with van der Waals surface area (Å²) >= 11 is 0. The molecule has 0 bridgehead atoms. The molecule has 3 rings (SSSR count). The number of benzene rings is 3. The number of ether oxygens (including phenoxy) is 1. The zero-order chi connectivity index (χ0) is 20.1. The van der Waals surface area contributed by atoms with Gasteiger partial charge in [-0.05, 0) is 66.7 Å². The van der Waals surface area contributed by atoms with Crippen LogP contribution in [0.5, 0.6) is 11.5 Å². The molecule has 5 nitrogen and oxygen atoms in total. The van der Waals surface area contributed by atoms with Crippen LogP contribution < -0.4 is 15.4 Å². The van der Waals surface area contributed by atoms with E-state index in [9.17, 15) is 18.4 Å². The smallest absolute Gasteiger partial charge is 0.255 e. The third-order valence-electron chi connectivity index (χ3n) is 3.70. The van der Waals surface area contributed by atoms with Gasteiger partial charge in [0.05, 0.1) is 5.69 Å². The maximum atomic E-state index is 13.9. The highest BCUT2D eigenvalue weighted by Crippen LogP contribution is 2.23. The van der Waals surface area contributed by atoms with Gasteiger partial charge in [-0.3, -0.25) is 9.59 Å². The molecule has 0 atom stereocenters. The molecule has 0 saturated carbocycles. The zero-order valence-electron chi connectivity index (χ0n) is 14.8. The molecule has 0 aromatic heterocycles. The summed E-state index contributed by atoms with van der Waals surface area (Å²) in [6, 6.07) is 15.6. The first-order chi connectivity index (χ1) is 13.4. The Kier molecular flexibility index (Phi) is 5.64. The number of halogens is 2. The lowest BCUT2D eigenvalue weighted by Gasteiger charge is -2.10. The van der Waals surface area contributed by atoms with Crippen LogP contribution in [0.25, 0.3) is 0 Å². The fourth-order valence-corrected chi connectivity index (χ4v) is 2.41. The quantitative estimate of drug-likeness (QED) is 0.655. The standard InChI is InChI=1S/C21H16F2N2O3/c1-13(26)24-16-6-11-19(23)20(12-16)25-21(27)14-2-7-17(8-3-14)28-18-9-4-15(22)5-10-18/h2-12H,1H3,(H,24,26)(H,25,27). The predicted molar refractivity (Wildman–Crippen MR) is 102 cm³/mol. The third-order valence-corrected chi connectivity index (χ3v) is 3.70. The molecule has 0 aliphatic carbocycles. The highest BCUT2D eigenvalue weighted by Gasteiger charge is 2.11. The van der Waals surface area contributed by atoms with Crippen molar-refractivity contribution in [1.29, 1.82) is 0 Å². The van der Waals surface area contributed by atoms with E-state index in [0.717, 1.165) is 6.07 Å². The largest absolute Gasteiger partial charge is 0.457 e. The third kappa shape index (κ3) is 4.91. The van der Waals surface area contributed by atoms with E-state index < -0.39 is 11.7 Å². The van der Waals surface area contributed by atoms with Gasteiger partial charge < -0.3 is 15.4 Å². The second-order valence-corrected chi connectivity index (χ2v) is 5.91. The van der Waals surface area contributed by atoms with Crippen molar-refractivity contribution >= 4 is 23.2 Å². The Morgan fingerprint density at radius 1 is 0.821 bits per heavy atom. The molecule has 0 saturated heterocycles. The molecule has 2 amide bonds. The van der Waals surface area contributed by atoms with Crippen LogP contribution in [0.1, 0.15) is 17.3 Å². The number of rotatable bonds is 5. The normalized spacial score (nSPS) is 10.2. The van der Waals surface area contributed by atoms with E-state index in [2.05, 4.69) is 10.6 Å². The number of carbonyl (C=O) groups is 2. The Balaban J connectivity index is 1.69. The number of amides is 2. The first-order valence-electron chi connectivity index (χ1n) is 8.33. The first-order valence-corrected chi connectivity index (χ1v) is 8.33. The molecule has 0 unspecified atom stereocenters. The van der Waals surface area contributed by atoms with Crippen molar-refractivity contribution in [3.63, 3.8) is 0 Å². The van der Waals surface area contributed by atoms with Gasteiger partial charge in [0.15, 0.2) is 0 Å². The lowest BCUT2D eigenvalue weighted by atomic mass is 10.2. The minimum Gasteiger partial charge on any atom is -0.457 e. The van der Waals surface area contributed by atoms with E-state index in [0.29, 0.717) is 17.2 Å². The Bertz CT molecular complexity index is 1000. The molecule has 142 valence electrons. The number of hydrogen-bond donors (Lipinski definition) is 2. The van der Waals surface area contributed by atoms with Gasteiger partial charge in [0.25, 0.3) is 5.91 Å². The summed E-state index contributed by atoms with van der Waals surface area (Å²) in [5.41, 5.74) is 0.603. The van der Waals surface area contributed by atoms with Crippen LogP contribution in [0.15, 0.2) is 66.7 Å². The summed E-state index contributed by atoms with van der Waals surface area (Å²) in [7, 11) is 0. The molecule has 3 aromatic rings. The summed E-state index contributed by atoms with van der Waals surface area (Å²) in [6.45, 7) is 1.33. The average Bonchev–Trinajstić information content (AvgIpc) is 2.66. The van der Waals surface area contributed by atoms with Crippen molar-refractivity contribution in [2.45, 2.75) is 6.92 Å². The average molecular weight is 382 g/mol. The zero-order valence-corrected chi connectivity index (χ0v) is 14.8. The SMILES string of the molecule is CC(=O)Nc1ccc(F)c(NC(=O)c2ccc(Oc3ccc(F)cc3)cc2)c1. The lowest BCUT2D eigenvalue weighted by molar-refractivity contribution is -0.114. The molecular weight excluding hydrogens is 366 g/mol. The Labute approximate surface area is 160 Å². The molecule has 3 aromatic carbocycles. The van der Waals surface area contributed by atoms with Gasteiger partial charge >= 0.3 is 0 Å². The van der Waals surface area contributed by atoms with Crippen LogP contribution in [-0.4, -0.2) is 11.8 Å². The van der Waals surface area contributed by atoms with E-state index in [1.54, 1.807) is 12.1 Å².